The highest BCUT2D eigenvalue weighted by molar-refractivity contribution is 5.76. The minimum atomic E-state index is 0.163. The molecule has 0 saturated carbocycles. The van der Waals surface area contributed by atoms with Crippen LogP contribution in [0.3, 0.4) is 0 Å². The van der Waals surface area contributed by atoms with E-state index in [0.717, 1.165) is 13.0 Å². The molecule has 1 unspecified atom stereocenters. The highest BCUT2D eigenvalue weighted by atomic mass is 16.1. The zero-order valence-electron chi connectivity index (χ0n) is 9.18. The van der Waals surface area contributed by atoms with Gasteiger partial charge in [0.05, 0.1) is 0 Å². The van der Waals surface area contributed by atoms with Crippen LogP contribution in [0.5, 0.6) is 0 Å². The summed E-state index contributed by atoms with van der Waals surface area (Å²) in [7, 11) is 1.90. The summed E-state index contributed by atoms with van der Waals surface area (Å²) in [6.07, 6.45) is 1.53. The van der Waals surface area contributed by atoms with Gasteiger partial charge in [-0.25, -0.2) is 0 Å². The third-order valence-corrected chi connectivity index (χ3v) is 2.22. The van der Waals surface area contributed by atoms with E-state index in [1.54, 1.807) is 0 Å². The van der Waals surface area contributed by atoms with Crippen LogP contribution in [0.1, 0.15) is 33.6 Å². The summed E-state index contributed by atoms with van der Waals surface area (Å²) in [6.45, 7) is 7.17. The fraction of sp³-hybridized carbons (Fsp3) is 0.900. The van der Waals surface area contributed by atoms with Crippen molar-refractivity contribution in [2.45, 2.75) is 39.7 Å². The number of rotatable bonds is 6. The SMILES string of the molecule is CNCCCC(=O)NC(C)C(C)C. The molecule has 0 bridgehead atoms. The number of amides is 1. The number of hydrogen-bond acceptors (Lipinski definition) is 2. The molecule has 2 N–H and O–H groups in total. The van der Waals surface area contributed by atoms with Gasteiger partial charge in [-0.15, -0.1) is 0 Å². The minimum absolute atomic E-state index is 0.163. The number of nitrogens with one attached hydrogen (secondary N) is 2. The van der Waals surface area contributed by atoms with Crippen molar-refractivity contribution in [1.82, 2.24) is 10.6 Å². The van der Waals surface area contributed by atoms with Crippen LogP contribution in [0.15, 0.2) is 0 Å². The molecule has 0 rings (SSSR count). The average Bonchev–Trinajstić information content (AvgIpc) is 2.04. The third kappa shape index (κ3) is 6.58. The second kappa shape index (κ2) is 6.89. The van der Waals surface area contributed by atoms with E-state index in [0.29, 0.717) is 12.3 Å². The van der Waals surface area contributed by atoms with E-state index in [-0.39, 0.29) is 11.9 Å². The van der Waals surface area contributed by atoms with Gasteiger partial charge in [-0.2, -0.15) is 0 Å². The van der Waals surface area contributed by atoms with Gasteiger partial charge in [0.1, 0.15) is 0 Å². The van der Waals surface area contributed by atoms with Crippen molar-refractivity contribution in [3.63, 3.8) is 0 Å². The fourth-order valence-corrected chi connectivity index (χ4v) is 0.918. The van der Waals surface area contributed by atoms with E-state index < -0.39 is 0 Å². The van der Waals surface area contributed by atoms with Crippen molar-refractivity contribution in [1.29, 1.82) is 0 Å². The van der Waals surface area contributed by atoms with Crippen LogP contribution >= 0.6 is 0 Å². The van der Waals surface area contributed by atoms with Gasteiger partial charge in [0.25, 0.3) is 0 Å². The summed E-state index contributed by atoms with van der Waals surface area (Å²) in [6, 6.07) is 0.280. The lowest BCUT2D eigenvalue weighted by molar-refractivity contribution is -0.122. The summed E-state index contributed by atoms with van der Waals surface area (Å²) >= 11 is 0. The Balaban J connectivity index is 3.50. The summed E-state index contributed by atoms with van der Waals surface area (Å²) in [5.41, 5.74) is 0. The van der Waals surface area contributed by atoms with Gasteiger partial charge in [-0.1, -0.05) is 13.8 Å². The number of carbonyl (C=O) groups is 1. The first-order valence-corrected chi connectivity index (χ1v) is 5.02. The molecule has 1 atom stereocenters. The molecule has 0 saturated heterocycles. The van der Waals surface area contributed by atoms with Gasteiger partial charge >= 0.3 is 0 Å². The van der Waals surface area contributed by atoms with Crippen LogP contribution in [-0.2, 0) is 4.79 Å². The van der Waals surface area contributed by atoms with E-state index in [1.165, 1.54) is 0 Å². The fourth-order valence-electron chi connectivity index (χ4n) is 0.918. The second-order valence-corrected chi connectivity index (χ2v) is 3.81. The van der Waals surface area contributed by atoms with Crippen LogP contribution in [-0.4, -0.2) is 25.5 Å². The molecule has 78 valence electrons. The first-order chi connectivity index (χ1) is 6.07. The molecule has 1 amide bonds. The largest absolute Gasteiger partial charge is 0.353 e. The van der Waals surface area contributed by atoms with Crippen molar-refractivity contribution in [2.24, 2.45) is 5.92 Å². The van der Waals surface area contributed by atoms with Crippen molar-refractivity contribution in [3.8, 4) is 0 Å². The zero-order valence-corrected chi connectivity index (χ0v) is 9.18. The van der Waals surface area contributed by atoms with Crippen molar-refractivity contribution >= 4 is 5.91 Å². The zero-order chi connectivity index (χ0) is 10.3. The molecule has 0 aromatic carbocycles. The normalized spacial score (nSPS) is 13.0. The van der Waals surface area contributed by atoms with E-state index in [1.807, 2.05) is 14.0 Å². The Morgan fingerprint density at radius 1 is 1.31 bits per heavy atom. The molecule has 0 radical (unpaired) electrons. The highest BCUT2D eigenvalue weighted by Crippen LogP contribution is 2.00. The number of carbonyl (C=O) groups excluding carboxylic acids is 1. The van der Waals surface area contributed by atoms with Gasteiger partial charge < -0.3 is 10.6 Å². The van der Waals surface area contributed by atoms with Crippen LogP contribution in [0.2, 0.25) is 0 Å². The maximum Gasteiger partial charge on any atom is 0.220 e. The predicted molar refractivity (Wildman–Crippen MR) is 55.6 cm³/mol. The topological polar surface area (TPSA) is 41.1 Å². The number of hydrogen-bond donors (Lipinski definition) is 2. The van der Waals surface area contributed by atoms with Gasteiger partial charge in [0.15, 0.2) is 0 Å². The molecule has 0 aliphatic carbocycles. The Labute approximate surface area is 81.3 Å². The molecular formula is C10H22N2O. The molecule has 3 nitrogen and oxygen atoms in total. The molecule has 3 heteroatoms. The van der Waals surface area contributed by atoms with E-state index in [4.69, 9.17) is 0 Å². The molecule has 0 fully saturated rings. The molecule has 0 aliphatic heterocycles. The molecule has 0 aromatic rings. The second-order valence-electron chi connectivity index (χ2n) is 3.81. The lowest BCUT2D eigenvalue weighted by atomic mass is 10.1. The van der Waals surface area contributed by atoms with Gasteiger partial charge in [0, 0.05) is 12.5 Å². The van der Waals surface area contributed by atoms with Crippen LogP contribution in [0, 0.1) is 5.92 Å². The Kier molecular flexibility index (Phi) is 6.59. The summed E-state index contributed by atoms with van der Waals surface area (Å²) in [5.74, 6) is 0.671. The van der Waals surface area contributed by atoms with E-state index in [2.05, 4.69) is 24.5 Å². The Morgan fingerprint density at radius 3 is 2.38 bits per heavy atom. The quantitative estimate of drug-likeness (QED) is 0.611. The van der Waals surface area contributed by atoms with Crippen LogP contribution in [0.25, 0.3) is 0 Å². The van der Waals surface area contributed by atoms with Crippen molar-refractivity contribution in [2.75, 3.05) is 13.6 Å². The van der Waals surface area contributed by atoms with E-state index >= 15 is 0 Å². The average molecular weight is 186 g/mol. The Morgan fingerprint density at radius 2 is 1.92 bits per heavy atom. The van der Waals surface area contributed by atoms with Gasteiger partial charge in [-0.3, -0.25) is 4.79 Å². The Hall–Kier alpha value is -0.570. The van der Waals surface area contributed by atoms with Crippen molar-refractivity contribution in [3.05, 3.63) is 0 Å². The molecule has 13 heavy (non-hydrogen) atoms. The predicted octanol–water partition coefficient (Wildman–Crippen LogP) is 1.15. The lowest BCUT2D eigenvalue weighted by Gasteiger charge is -2.17. The third-order valence-electron chi connectivity index (χ3n) is 2.22. The van der Waals surface area contributed by atoms with Crippen molar-refractivity contribution < 1.29 is 4.79 Å². The molecule has 0 aliphatic rings. The van der Waals surface area contributed by atoms with E-state index in [9.17, 15) is 4.79 Å². The molecular weight excluding hydrogens is 164 g/mol. The summed E-state index contributed by atoms with van der Waals surface area (Å²) in [4.78, 5) is 11.3. The lowest BCUT2D eigenvalue weighted by Crippen LogP contribution is -2.36. The van der Waals surface area contributed by atoms with Gasteiger partial charge in [0.2, 0.25) is 5.91 Å². The van der Waals surface area contributed by atoms with Crippen LogP contribution in [0.4, 0.5) is 0 Å². The Bertz CT molecular complexity index is 146. The molecule has 0 spiro atoms. The first kappa shape index (κ1) is 12.4. The van der Waals surface area contributed by atoms with Gasteiger partial charge in [-0.05, 0) is 32.9 Å². The smallest absolute Gasteiger partial charge is 0.220 e. The standard InChI is InChI=1S/C10H22N2O/c1-8(2)9(3)12-10(13)6-5-7-11-4/h8-9,11H,5-7H2,1-4H3,(H,12,13). The molecule has 0 aromatic heterocycles. The summed E-state index contributed by atoms with van der Waals surface area (Å²) in [5, 5.41) is 5.99. The summed E-state index contributed by atoms with van der Waals surface area (Å²) < 4.78 is 0. The monoisotopic (exact) mass is 186 g/mol. The maximum absolute atomic E-state index is 11.3. The minimum Gasteiger partial charge on any atom is -0.353 e. The highest BCUT2D eigenvalue weighted by Gasteiger charge is 2.09. The molecule has 0 heterocycles. The first-order valence-electron chi connectivity index (χ1n) is 5.02. The van der Waals surface area contributed by atoms with Crippen LogP contribution < -0.4 is 10.6 Å². The maximum atomic E-state index is 11.3.